The Labute approximate surface area is 165 Å². The van der Waals surface area contributed by atoms with Crippen molar-refractivity contribution < 1.29 is 32.2 Å². The molecule has 0 unspecified atom stereocenters. The molecule has 3 saturated heterocycles. The average molecular weight is 420 g/mol. The summed E-state index contributed by atoms with van der Waals surface area (Å²) < 4.78 is 50.9. The van der Waals surface area contributed by atoms with E-state index in [-0.39, 0.29) is 11.4 Å². The highest BCUT2D eigenvalue weighted by molar-refractivity contribution is 5.73. The van der Waals surface area contributed by atoms with Gasteiger partial charge in [0, 0.05) is 25.7 Å². The minimum atomic E-state index is -5.08. The van der Waals surface area contributed by atoms with E-state index in [2.05, 4.69) is 19.8 Å². The predicted molar refractivity (Wildman–Crippen MR) is 95.0 cm³/mol. The van der Waals surface area contributed by atoms with Gasteiger partial charge in [-0.3, -0.25) is 0 Å². The van der Waals surface area contributed by atoms with Gasteiger partial charge in [0.05, 0.1) is 18.0 Å². The molecule has 0 aromatic carbocycles. The van der Waals surface area contributed by atoms with Gasteiger partial charge in [0.25, 0.3) is 0 Å². The molecule has 0 amide bonds. The maximum absolute atomic E-state index is 13.0. The highest BCUT2D eigenvalue weighted by atomic mass is 19.4. The Morgan fingerprint density at radius 2 is 1.83 bits per heavy atom. The van der Waals surface area contributed by atoms with Crippen LogP contribution in [0.4, 0.5) is 23.5 Å². The second kappa shape index (κ2) is 8.78. The van der Waals surface area contributed by atoms with Gasteiger partial charge in [-0.2, -0.15) is 13.2 Å². The molecular weight excluding hydrogens is 396 g/mol. The molecule has 0 bridgehead atoms. The Bertz CT molecular complexity index is 697. The van der Waals surface area contributed by atoms with Gasteiger partial charge in [0.2, 0.25) is 5.95 Å². The van der Waals surface area contributed by atoms with E-state index in [1.54, 1.807) is 0 Å². The van der Waals surface area contributed by atoms with E-state index in [9.17, 15) is 17.6 Å². The highest BCUT2D eigenvalue weighted by Gasteiger charge is 2.45. The zero-order valence-electron chi connectivity index (χ0n) is 15.9. The molecule has 1 spiro atoms. The summed E-state index contributed by atoms with van der Waals surface area (Å²) in [7, 11) is 0. The number of alkyl halides is 3. The van der Waals surface area contributed by atoms with Gasteiger partial charge in [0.1, 0.15) is 0 Å². The normalized spacial score (nSPS) is 27.7. The summed E-state index contributed by atoms with van der Waals surface area (Å²) in [6.07, 6.45) is 3.32. The molecule has 11 heteroatoms. The van der Waals surface area contributed by atoms with Crippen molar-refractivity contribution in [1.82, 2.24) is 14.9 Å². The number of aliphatic carboxylic acids is 1. The Morgan fingerprint density at radius 1 is 1.21 bits per heavy atom. The molecule has 1 aromatic rings. The number of likely N-dealkylation sites (tertiary alicyclic amines) is 1. The van der Waals surface area contributed by atoms with Crippen molar-refractivity contribution in [3.63, 3.8) is 0 Å². The third-order valence-electron chi connectivity index (χ3n) is 5.57. The lowest BCUT2D eigenvalue weighted by Crippen LogP contribution is -2.49. The van der Waals surface area contributed by atoms with Crippen LogP contribution in [0.15, 0.2) is 12.4 Å². The van der Waals surface area contributed by atoms with Gasteiger partial charge in [-0.15, -0.1) is 0 Å². The summed E-state index contributed by atoms with van der Waals surface area (Å²) in [5.74, 6) is -2.53. The fraction of sp³-hybridized carbons (Fsp3) is 0.722. The molecular formula is C18H24F4N4O3. The van der Waals surface area contributed by atoms with Gasteiger partial charge in [-0.25, -0.2) is 19.2 Å². The molecule has 7 nitrogen and oxygen atoms in total. The minimum Gasteiger partial charge on any atom is -0.475 e. The van der Waals surface area contributed by atoms with Crippen molar-refractivity contribution in [3.05, 3.63) is 18.2 Å². The first kappa shape index (κ1) is 21.7. The molecule has 1 N–H and O–H groups in total. The van der Waals surface area contributed by atoms with Crippen molar-refractivity contribution >= 4 is 11.9 Å². The quantitative estimate of drug-likeness (QED) is 0.737. The summed E-state index contributed by atoms with van der Waals surface area (Å²) >= 11 is 0. The molecule has 0 saturated carbocycles. The van der Waals surface area contributed by atoms with E-state index in [1.807, 2.05) is 0 Å². The van der Waals surface area contributed by atoms with Crippen LogP contribution in [0.5, 0.6) is 0 Å². The van der Waals surface area contributed by atoms with Crippen LogP contribution in [0, 0.1) is 5.82 Å². The van der Waals surface area contributed by atoms with Gasteiger partial charge in [-0.05, 0) is 45.2 Å². The summed E-state index contributed by atoms with van der Waals surface area (Å²) in [6.45, 7) is 5.04. The fourth-order valence-electron chi connectivity index (χ4n) is 4.19. The lowest BCUT2D eigenvalue weighted by atomic mass is 9.89. The first-order chi connectivity index (χ1) is 13.7. The maximum Gasteiger partial charge on any atom is 0.490 e. The number of anilines is 1. The van der Waals surface area contributed by atoms with E-state index in [4.69, 9.17) is 14.6 Å². The van der Waals surface area contributed by atoms with Gasteiger partial charge in [-0.1, -0.05) is 0 Å². The largest absolute Gasteiger partial charge is 0.490 e. The number of carbonyl (C=O) groups is 1. The van der Waals surface area contributed by atoms with Crippen LogP contribution in [0.25, 0.3) is 0 Å². The molecule has 3 aliphatic rings. The van der Waals surface area contributed by atoms with Crippen molar-refractivity contribution in [2.45, 2.75) is 49.9 Å². The van der Waals surface area contributed by atoms with Crippen LogP contribution in [0.1, 0.15) is 32.1 Å². The van der Waals surface area contributed by atoms with Crippen LogP contribution in [0.2, 0.25) is 0 Å². The summed E-state index contributed by atoms with van der Waals surface area (Å²) in [5, 5.41) is 7.12. The second-order valence-electron chi connectivity index (χ2n) is 7.60. The van der Waals surface area contributed by atoms with E-state index in [1.165, 1.54) is 38.3 Å². The molecule has 3 aliphatic heterocycles. The van der Waals surface area contributed by atoms with Crippen LogP contribution in [-0.2, 0) is 9.53 Å². The standard InChI is InChI=1S/C16H23FN4O.C2HF3O2/c17-13-10-18-15(19-11-13)21-7-4-16(12-21)9-14(3-8-22-16)20-5-1-2-6-20;3-2(4,5)1(6)7/h10-11,14H,1-9,12H2;(H,6,7)/t14-,16-;/m1./s1. The number of carboxylic acid groups (broad SMARTS) is 1. The summed E-state index contributed by atoms with van der Waals surface area (Å²) in [5.41, 5.74) is -0.0662. The Kier molecular flexibility index (Phi) is 6.57. The van der Waals surface area contributed by atoms with Gasteiger partial charge >= 0.3 is 12.1 Å². The summed E-state index contributed by atoms with van der Waals surface area (Å²) in [4.78, 5) is 21.9. The number of hydrogen-bond donors (Lipinski definition) is 1. The highest BCUT2D eigenvalue weighted by Crippen LogP contribution is 2.37. The minimum absolute atomic E-state index is 0.0662. The smallest absolute Gasteiger partial charge is 0.475 e. The van der Waals surface area contributed by atoms with Crippen LogP contribution >= 0.6 is 0 Å². The third kappa shape index (κ3) is 5.53. The first-order valence-electron chi connectivity index (χ1n) is 9.59. The molecule has 4 heterocycles. The van der Waals surface area contributed by atoms with Gasteiger partial charge < -0.3 is 19.6 Å². The molecule has 3 fully saturated rings. The number of hydrogen-bond acceptors (Lipinski definition) is 6. The zero-order chi connectivity index (χ0) is 21.1. The van der Waals surface area contributed by atoms with E-state index in [0.29, 0.717) is 12.0 Å². The van der Waals surface area contributed by atoms with E-state index in [0.717, 1.165) is 39.0 Å². The Hall–Kier alpha value is -2.01. The number of carboxylic acids is 1. The van der Waals surface area contributed by atoms with Crippen LogP contribution in [0.3, 0.4) is 0 Å². The van der Waals surface area contributed by atoms with Crippen molar-refractivity contribution in [1.29, 1.82) is 0 Å². The van der Waals surface area contributed by atoms with E-state index >= 15 is 0 Å². The van der Waals surface area contributed by atoms with Crippen molar-refractivity contribution in [2.24, 2.45) is 0 Å². The van der Waals surface area contributed by atoms with Crippen LogP contribution in [-0.4, -0.2) is 76.5 Å². The first-order valence-corrected chi connectivity index (χ1v) is 9.59. The SMILES string of the molecule is Fc1cnc(N2CC[C@@]3(C[C@H](N4CCCC4)CCO3)C2)nc1.O=C(O)C(F)(F)F. The number of aromatic nitrogens is 2. The fourth-order valence-corrected chi connectivity index (χ4v) is 4.19. The zero-order valence-corrected chi connectivity index (χ0v) is 15.9. The monoisotopic (exact) mass is 420 g/mol. The topological polar surface area (TPSA) is 78.8 Å². The lowest BCUT2D eigenvalue weighted by molar-refractivity contribution is -0.192. The second-order valence-corrected chi connectivity index (χ2v) is 7.60. The molecule has 4 rings (SSSR count). The molecule has 1 aromatic heterocycles. The van der Waals surface area contributed by atoms with E-state index < -0.39 is 12.1 Å². The molecule has 0 radical (unpaired) electrons. The van der Waals surface area contributed by atoms with Crippen LogP contribution < -0.4 is 4.90 Å². The molecule has 29 heavy (non-hydrogen) atoms. The molecule has 2 atom stereocenters. The Balaban J connectivity index is 0.000000298. The number of halogens is 4. The molecule has 0 aliphatic carbocycles. The average Bonchev–Trinajstić information content (AvgIpc) is 3.33. The lowest BCUT2D eigenvalue weighted by Gasteiger charge is -2.41. The number of ether oxygens (including phenoxy) is 1. The maximum atomic E-state index is 13.0. The number of nitrogens with zero attached hydrogens (tertiary/aromatic N) is 4. The molecule has 162 valence electrons. The summed E-state index contributed by atoms with van der Waals surface area (Å²) in [6, 6.07) is 0.658. The van der Waals surface area contributed by atoms with Gasteiger partial charge in [0.15, 0.2) is 5.82 Å². The third-order valence-corrected chi connectivity index (χ3v) is 5.57. The Morgan fingerprint density at radius 3 is 2.41 bits per heavy atom. The number of rotatable bonds is 2. The van der Waals surface area contributed by atoms with Crippen molar-refractivity contribution in [3.8, 4) is 0 Å². The predicted octanol–water partition coefficient (Wildman–Crippen LogP) is 2.47. The van der Waals surface area contributed by atoms with Crippen molar-refractivity contribution in [2.75, 3.05) is 37.7 Å².